The summed E-state index contributed by atoms with van der Waals surface area (Å²) in [4.78, 5) is 13.8. The molecule has 0 saturated carbocycles. The van der Waals surface area contributed by atoms with Crippen LogP contribution in [0.25, 0.3) is 11.5 Å². The molecule has 0 atom stereocenters. The zero-order valence-electron chi connectivity index (χ0n) is 19.0. The van der Waals surface area contributed by atoms with E-state index in [1.165, 1.54) is 16.1 Å². The van der Waals surface area contributed by atoms with Gasteiger partial charge in [0.1, 0.15) is 13.2 Å². The number of piperidine rings is 1. The van der Waals surface area contributed by atoms with Gasteiger partial charge < -0.3 is 13.9 Å². The molecule has 1 amide bonds. The Kier molecular flexibility index (Phi) is 6.67. The second-order valence-corrected chi connectivity index (χ2v) is 10.8. The Labute approximate surface area is 207 Å². The first kappa shape index (κ1) is 23.6. The summed E-state index contributed by atoms with van der Waals surface area (Å²) in [7, 11) is -3.63. The van der Waals surface area contributed by atoms with Crippen LogP contribution in [0.3, 0.4) is 0 Å². The van der Waals surface area contributed by atoms with Gasteiger partial charge in [-0.05, 0) is 49.4 Å². The molecule has 2 aliphatic rings. The minimum atomic E-state index is -3.63. The van der Waals surface area contributed by atoms with Gasteiger partial charge in [-0.25, -0.2) is 8.42 Å². The van der Waals surface area contributed by atoms with Crippen molar-refractivity contribution in [3.63, 3.8) is 0 Å². The molecule has 3 heterocycles. The summed E-state index contributed by atoms with van der Waals surface area (Å²) in [5.74, 6) is 0.856. The zero-order valence-corrected chi connectivity index (χ0v) is 20.6. The lowest BCUT2D eigenvalue weighted by atomic mass is 9.97. The highest BCUT2D eigenvalue weighted by atomic mass is 32.2. The van der Waals surface area contributed by atoms with E-state index in [0.29, 0.717) is 52.9 Å². The number of hydrogen-bond acceptors (Lipinski definition) is 9. The number of carbonyl (C=O) groups excluding carboxylic acids is 1. The second kappa shape index (κ2) is 9.88. The topological polar surface area (TPSA) is 124 Å². The van der Waals surface area contributed by atoms with E-state index < -0.39 is 10.0 Å². The number of ether oxygens (including phenoxy) is 2. The molecule has 0 spiro atoms. The maximum atomic E-state index is 13.1. The van der Waals surface area contributed by atoms with E-state index in [1.807, 2.05) is 12.3 Å². The first-order chi connectivity index (χ1) is 17.0. The van der Waals surface area contributed by atoms with Crippen molar-refractivity contribution in [1.82, 2.24) is 14.5 Å². The van der Waals surface area contributed by atoms with Gasteiger partial charge in [0, 0.05) is 29.5 Å². The summed E-state index contributed by atoms with van der Waals surface area (Å²) >= 11 is 1.39. The Balaban J connectivity index is 1.20. The van der Waals surface area contributed by atoms with Crippen molar-refractivity contribution >= 4 is 33.7 Å². The first-order valence-electron chi connectivity index (χ1n) is 11.1. The van der Waals surface area contributed by atoms with Crippen molar-refractivity contribution in [3.05, 3.63) is 42.5 Å². The Morgan fingerprint density at radius 3 is 2.57 bits per heavy atom. The van der Waals surface area contributed by atoms with Crippen LogP contribution in [-0.2, 0) is 14.8 Å². The van der Waals surface area contributed by atoms with E-state index in [0.717, 1.165) is 0 Å². The molecule has 1 aromatic heterocycles. The predicted molar refractivity (Wildman–Crippen MR) is 129 cm³/mol. The number of fused-ring (bicyclic) bond motifs is 1. The van der Waals surface area contributed by atoms with Crippen LogP contribution < -0.4 is 14.8 Å². The maximum Gasteiger partial charge on any atom is 0.322 e. The van der Waals surface area contributed by atoms with Crippen molar-refractivity contribution in [2.75, 3.05) is 37.9 Å². The highest BCUT2D eigenvalue weighted by Gasteiger charge is 2.33. The molecule has 12 heteroatoms. The van der Waals surface area contributed by atoms with E-state index >= 15 is 0 Å². The van der Waals surface area contributed by atoms with Crippen molar-refractivity contribution in [3.8, 4) is 23.0 Å². The van der Waals surface area contributed by atoms with E-state index in [-0.39, 0.29) is 36.8 Å². The molecule has 0 unspecified atom stereocenters. The normalized spacial score (nSPS) is 16.7. The Morgan fingerprint density at radius 1 is 1.06 bits per heavy atom. The van der Waals surface area contributed by atoms with Gasteiger partial charge in [-0.1, -0.05) is 17.2 Å². The van der Waals surface area contributed by atoms with Crippen LogP contribution in [0.2, 0.25) is 0 Å². The summed E-state index contributed by atoms with van der Waals surface area (Å²) in [6.07, 6.45) is 2.65. The molecule has 184 valence electrons. The predicted octanol–water partition coefficient (Wildman–Crippen LogP) is 3.27. The highest BCUT2D eigenvalue weighted by molar-refractivity contribution is 7.99. The van der Waals surface area contributed by atoms with Gasteiger partial charge in [0.25, 0.3) is 0 Å². The lowest BCUT2D eigenvalue weighted by Gasteiger charge is -2.30. The molecular weight excluding hydrogens is 492 g/mol. The standard InChI is InChI=1S/C23H24N4O6S2/c1-34-19-4-2-3-5-20(19)35(29,30)27-10-8-15(9-11-27)21(28)24-23-26-25-22(33-23)16-6-7-17-18(14-16)32-13-12-31-17/h2-7,14-15H,8-13H2,1H3,(H,24,26,28). The number of thioether (sulfide) groups is 1. The van der Waals surface area contributed by atoms with Crippen molar-refractivity contribution < 1.29 is 27.1 Å². The van der Waals surface area contributed by atoms with Crippen LogP contribution in [0.1, 0.15) is 12.8 Å². The fraction of sp³-hybridized carbons (Fsp3) is 0.348. The number of anilines is 1. The molecule has 0 bridgehead atoms. The summed E-state index contributed by atoms with van der Waals surface area (Å²) in [6, 6.07) is 12.2. The van der Waals surface area contributed by atoms with Crippen LogP contribution in [0.15, 0.2) is 56.7 Å². The number of nitrogens with zero attached hydrogens (tertiary/aromatic N) is 3. The molecule has 0 aliphatic carbocycles. The quantitative estimate of drug-likeness (QED) is 0.492. The van der Waals surface area contributed by atoms with Crippen molar-refractivity contribution in [2.24, 2.45) is 5.92 Å². The Bertz CT molecular complexity index is 1340. The first-order valence-corrected chi connectivity index (χ1v) is 13.8. The monoisotopic (exact) mass is 516 g/mol. The average molecular weight is 517 g/mol. The fourth-order valence-electron chi connectivity index (χ4n) is 4.10. The number of aromatic nitrogens is 2. The minimum absolute atomic E-state index is 0.0103. The van der Waals surface area contributed by atoms with E-state index in [4.69, 9.17) is 13.9 Å². The summed E-state index contributed by atoms with van der Waals surface area (Å²) < 4.78 is 44.4. The van der Waals surface area contributed by atoms with Gasteiger partial charge in [0.2, 0.25) is 21.8 Å². The van der Waals surface area contributed by atoms with Gasteiger partial charge >= 0.3 is 6.01 Å². The van der Waals surface area contributed by atoms with Gasteiger partial charge in [0.05, 0.1) is 4.90 Å². The maximum absolute atomic E-state index is 13.1. The molecule has 2 aromatic carbocycles. The van der Waals surface area contributed by atoms with Crippen LogP contribution in [0, 0.1) is 5.92 Å². The highest BCUT2D eigenvalue weighted by Crippen LogP contribution is 2.35. The fourth-order valence-corrected chi connectivity index (χ4v) is 6.70. The average Bonchev–Trinajstić information content (AvgIpc) is 3.37. The smallest absolute Gasteiger partial charge is 0.322 e. The molecule has 1 fully saturated rings. The number of rotatable bonds is 6. The van der Waals surface area contributed by atoms with Crippen LogP contribution in [0.4, 0.5) is 6.01 Å². The van der Waals surface area contributed by atoms with Crippen LogP contribution in [-0.4, -0.2) is 61.4 Å². The van der Waals surface area contributed by atoms with Crippen molar-refractivity contribution in [2.45, 2.75) is 22.6 Å². The molecule has 1 N–H and O–H groups in total. The Morgan fingerprint density at radius 2 is 1.80 bits per heavy atom. The second-order valence-electron chi connectivity index (χ2n) is 8.09. The number of hydrogen-bond donors (Lipinski definition) is 1. The molecule has 3 aromatic rings. The number of nitrogens with one attached hydrogen (secondary N) is 1. The summed E-state index contributed by atoms with van der Waals surface area (Å²) in [5.41, 5.74) is 0.645. The molecular formula is C23H24N4O6S2. The molecule has 2 aliphatic heterocycles. The number of carbonyl (C=O) groups is 1. The zero-order chi connectivity index (χ0) is 24.4. The largest absolute Gasteiger partial charge is 0.486 e. The molecule has 5 rings (SSSR count). The van der Waals surface area contributed by atoms with Crippen LogP contribution in [0.5, 0.6) is 11.5 Å². The third kappa shape index (κ3) is 4.86. The van der Waals surface area contributed by atoms with E-state index in [9.17, 15) is 13.2 Å². The van der Waals surface area contributed by atoms with Crippen LogP contribution >= 0.6 is 11.8 Å². The number of amides is 1. The lowest BCUT2D eigenvalue weighted by molar-refractivity contribution is -0.121. The number of sulfonamides is 1. The molecule has 35 heavy (non-hydrogen) atoms. The molecule has 0 radical (unpaired) electrons. The lowest BCUT2D eigenvalue weighted by Crippen LogP contribution is -2.41. The van der Waals surface area contributed by atoms with E-state index in [2.05, 4.69) is 15.5 Å². The number of benzene rings is 2. The van der Waals surface area contributed by atoms with Gasteiger partial charge in [-0.3, -0.25) is 10.1 Å². The molecule has 10 nitrogen and oxygen atoms in total. The summed E-state index contributed by atoms with van der Waals surface area (Å²) in [6.45, 7) is 1.48. The summed E-state index contributed by atoms with van der Waals surface area (Å²) in [5, 5.41) is 10.6. The third-order valence-electron chi connectivity index (χ3n) is 5.96. The van der Waals surface area contributed by atoms with Crippen molar-refractivity contribution in [1.29, 1.82) is 0 Å². The third-order valence-corrected chi connectivity index (χ3v) is 8.84. The van der Waals surface area contributed by atoms with E-state index in [1.54, 1.807) is 36.4 Å². The SMILES string of the molecule is CSc1ccccc1S(=O)(=O)N1CCC(C(=O)Nc2nnc(-c3ccc4c(c3)OCCO4)o2)CC1. The van der Waals surface area contributed by atoms with Gasteiger partial charge in [0.15, 0.2) is 11.5 Å². The van der Waals surface area contributed by atoms with Gasteiger partial charge in [-0.2, -0.15) is 4.31 Å². The Hall–Kier alpha value is -3.09. The van der Waals surface area contributed by atoms with Gasteiger partial charge in [-0.15, -0.1) is 16.9 Å². The minimum Gasteiger partial charge on any atom is -0.486 e. The molecule has 1 saturated heterocycles.